The monoisotopic (exact) mass is 225 g/mol. The summed E-state index contributed by atoms with van der Waals surface area (Å²) >= 11 is 0. The van der Waals surface area contributed by atoms with Crippen molar-refractivity contribution in [1.82, 2.24) is 0 Å². The Morgan fingerprint density at radius 3 is 2.56 bits per heavy atom. The van der Waals surface area contributed by atoms with E-state index >= 15 is 0 Å². The van der Waals surface area contributed by atoms with Gasteiger partial charge >= 0.3 is 0 Å². The van der Waals surface area contributed by atoms with Gasteiger partial charge < -0.3 is 5.32 Å². The minimum atomic E-state index is -0.582. The fraction of sp³-hybridized carbons (Fsp3) is 0.222. The minimum Gasteiger partial charge on any atom is -0.326 e. The van der Waals surface area contributed by atoms with Crippen LogP contribution in [-0.2, 0) is 4.79 Å². The molecule has 0 unspecified atom stereocenters. The van der Waals surface area contributed by atoms with Gasteiger partial charge in [0.1, 0.15) is 0 Å². The van der Waals surface area contributed by atoms with Crippen LogP contribution in [0.4, 0.5) is 17.1 Å². The molecule has 0 aliphatic carbocycles. The number of nitrogens with one attached hydrogen (secondary N) is 2. The second kappa shape index (κ2) is 4.58. The van der Waals surface area contributed by atoms with Crippen molar-refractivity contribution < 1.29 is 14.9 Å². The lowest BCUT2D eigenvalue weighted by molar-refractivity contribution is -0.385. The molecular weight excluding hydrogens is 214 g/mol. The van der Waals surface area contributed by atoms with Crippen molar-refractivity contribution in [3.63, 3.8) is 0 Å². The zero-order valence-corrected chi connectivity index (χ0v) is 8.77. The largest absolute Gasteiger partial charge is 0.326 e. The topological polar surface area (TPSA) is 104 Å². The number of carbonyl (C=O) groups excluding carboxylic acids is 1. The molecule has 0 aliphatic rings. The molecule has 1 amide bonds. The second-order valence-electron chi connectivity index (χ2n) is 3.22. The summed E-state index contributed by atoms with van der Waals surface area (Å²) in [6.45, 7) is 2.78. The fourth-order valence-corrected chi connectivity index (χ4v) is 1.28. The first-order valence-corrected chi connectivity index (χ1v) is 4.42. The third-order valence-electron chi connectivity index (χ3n) is 2.02. The van der Waals surface area contributed by atoms with Crippen molar-refractivity contribution in [1.29, 1.82) is 0 Å². The summed E-state index contributed by atoms with van der Waals surface area (Å²) in [4.78, 5) is 20.9. The van der Waals surface area contributed by atoms with E-state index in [-0.39, 0.29) is 23.0 Å². The summed E-state index contributed by atoms with van der Waals surface area (Å²) in [5.74, 6) is -0.345. The van der Waals surface area contributed by atoms with Crippen LogP contribution >= 0.6 is 0 Å². The lowest BCUT2D eigenvalue weighted by atomic mass is 10.1. The molecule has 0 saturated carbocycles. The van der Waals surface area contributed by atoms with E-state index in [2.05, 4.69) is 5.32 Å². The summed E-state index contributed by atoms with van der Waals surface area (Å²) in [7, 11) is 0. The summed E-state index contributed by atoms with van der Waals surface area (Å²) in [6, 6.07) is 2.64. The van der Waals surface area contributed by atoms with Gasteiger partial charge in [-0.15, -0.1) is 0 Å². The standard InChI is InChI=1S/C9H11N3O4/c1-5-8(11-14)3-7(10-6(2)13)4-9(5)12(15)16/h3-4,11,14H,1-2H3,(H,10,13). The predicted octanol–water partition coefficient (Wildman–Crippen LogP) is 1.66. The van der Waals surface area contributed by atoms with Gasteiger partial charge in [0.25, 0.3) is 5.69 Å². The quantitative estimate of drug-likeness (QED) is 0.536. The van der Waals surface area contributed by atoms with Crippen LogP contribution in [0.1, 0.15) is 12.5 Å². The molecule has 7 nitrogen and oxygen atoms in total. The average Bonchev–Trinajstić information content (AvgIpc) is 2.19. The first-order valence-electron chi connectivity index (χ1n) is 4.42. The van der Waals surface area contributed by atoms with Crippen molar-refractivity contribution in [3.05, 3.63) is 27.8 Å². The van der Waals surface area contributed by atoms with Crippen molar-refractivity contribution in [3.8, 4) is 0 Å². The van der Waals surface area contributed by atoms with Crippen LogP contribution < -0.4 is 10.8 Å². The Hall–Kier alpha value is -2.15. The molecule has 0 aromatic heterocycles. The fourth-order valence-electron chi connectivity index (χ4n) is 1.28. The molecule has 0 atom stereocenters. The Morgan fingerprint density at radius 2 is 2.12 bits per heavy atom. The number of nitro benzene ring substituents is 1. The minimum absolute atomic E-state index is 0.178. The van der Waals surface area contributed by atoms with E-state index in [1.165, 1.54) is 26.0 Å². The number of amides is 1. The molecule has 0 heterocycles. The molecule has 1 rings (SSSR count). The van der Waals surface area contributed by atoms with Crippen LogP contribution in [0.25, 0.3) is 0 Å². The zero-order chi connectivity index (χ0) is 12.3. The van der Waals surface area contributed by atoms with E-state index in [0.717, 1.165) is 0 Å². The number of anilines is 2. The van der Waals surface area contributed by atoms with Crippen LogP contribution in [-0.4, -0.2) is 16.0 Å². The molecule has 0 aliphatic heterocycles. The van der Waals surface area contributed by atoms with Gasteiger partial charge in [0.2, 0.25) is 5.91 Å². The number of nitro groups is 1. The summed E-state index contributed by atoms with van der Waals surface area (Å²) in [5.41, 5.74) is 2.39. The van der Waals surface area contributed by atoms with Crippen molar-refractivity contribution in [2.75, 3.05) is 10.8 Å². The van der Waals surface area contributed by atoms with Gasteiger partial charge in [0, 0.05) is 18.7 Å². The molecule has 7 heteroatoms. The lowest BCUT2D eigenvalue weighted by Gasteiger charge is -2.08. The smallest absolute Gasteiger partial charge is 0.276 e. The molecule has 16 heavy (non-hydrogen) atoms. The van der Waals surface area contributed by atoms with E-state index in [1.54, 1.807) is 0 Å². The highest BCUT2D eigenvalue weighted by molar-refractivity contribution is 5.90. The maximum atomic E-state index is 10.8. The maximum Gasteiger partial charge on any atom is 0.276 e. The third kappa shape index (κ3) is 2.45. The number of nitrogens with zero attached hydrogens (tertiary/aromatic N) is 1. The van der Waals surface area contributed by atoms with Crippen molar-refractivity contribution in [2.45, 2.75) is 13.8 Å². The summed E-state index contributed by atoms with van der Waals surface area (Å²) in [6.07, 6.45) is 0. The Morgan fingerprint density at radius 1 is 1.50 bits per heavy atom. The molecule has 0 saturated heterocycles. The highest BCUT2D eigenvalue weighted by Crippen LogP contribution is 2.29. The molecule has 0 radical (unpaired) electrons. The van der Waals surface area contributed by atoms with E-state index in [9.17, 15) is 14.9 Å². The van der Waals surface area contributed by atoms with Gasteiger partial charge in [-0.2, -0.15) is 0 Å². The number of hydrogen-bond donors (Lipinski definition) is 3. The van der Waals surface area contributed by atoms with E-state index < -0.39 is 4.92 Å². The van der Waals surface area contributed by atoms with Gasteiger partial charge in [-0.25, -0.2) is 0 Å². The molecule has 0 bridgehead atoms. The molecule has 1 aromatic rings. The highest BCUT2D eigenvalue weighted by Gasteiger charge is 2.16. The Labute approximate surface area is 91.2 Å². The molecule has 0 spiro atoms. The van der Waals surface area contributed by atoms with Crippen LogP contribution in [0.5, 0.6) is 0 Å². The first-order chi connectivity index (χ1) is 7.45. The number of rotatable bonds is 3. The number of benzene rings is 1. The second-order valence-corrected chi connectivity index (χ2v) is 3.22. The molecule has 1 aromatic carbocycles. The Balaban J connectivity index is 3.28. The van der Waals surface area contributed by atoms with Gasteiger partial charge in [0.05, 0.1) is 16.2 Å². The average molecular weight is 225 g/mol. The van der Waals surface area contributed by atoms with E-state index in [0.29, 0.717) is 5.56 Å². The lowest BCUT2D eigenvalue weighted by Crippen LogP contribution is -2.07. The summed E-state index contributed by atoms with van der Waals surface area (Å²) < 4.78 is 0. The Kier molecular flexibility index (Phi) is 3.41. The van der Waals surface area contributed by atoms with Crippen molar-refractivity contribution in [2.24, 2.45) is 0 Å². The van der Waals surface area contributed by atoms with Crippen LogP contribution in [0.2, 0.25) is 0 Å². The number of carbonyl (C=O) groups is 1. The third-order valence-corrected chi connectivity index (χ3v) is 2.02. The van der Waals surface area contributed by atoms with Gasteiger partial charge in [0.15, 0.2) is 0 Å². The predicted molar refractivity (Wildman–Crippen MR) is 57.5 cm³/mol. The van der Waals surface area contributed by atoms with Crippen LogP contribution in [0, 0.1) is 17.0 Å². The highest BCUT2D eigenvalue weighted by atomic mass is 16.6. The molecule has 86 valence electrons. The zero-order valence-electron chi connectivity index (χ0n) is 8.77. The maximum absolute atomic E-state index is 10.8. The number of hydrogen-bond acceptors (Lipinski definition) is 5. The van der Waals surface area contributed by atoms with Crippen LogP contribution in [0.3, 0.4) is 0 Å². The van der Waals surface area contributed by atoms with Gasteiger partial charge in [-0.05, 0) is 13.0 Å². The SMILES string of the molecule is CC(=O)Nc1cc(NO)c(C)c([N+](=O)[O-])c1. The Bertz CT molecular complexity index is 445. The molecular formula is C9H11N3O4. The van der Waals surface area contributed by atoms with Gasteiger partial charge in [-0.1, -0.05) is 0 Å². The first kappa shape index (κ1) is 11.9. The van der Waals surface area contributed by atoms with Gasteiger partial charge in [-0.3, -0.25) is 25.6 Å². The normalized spacial score (nSPS) is 9.69. The van der Waals surface area contributed by atoms with Crippen LogP contribution in [0.15, 0.2) is 12.1 Å². The molecule has 3 N–H and O–H groups in total. The van der Waals surface area contributed by atoms with E-state index in [4.69, 9.17) is 5.21 Å². The summed E-state index contributed by atoms with van der Waals surface area (Å²) in [5, 5.41) is 21.9. The van der Waals surface area contributed by atoms with E-state index in [1.807, 2.05) is 5.48 Å². The molecule has 0 fully saturated rings. The van der Waals surface area contributed by atoms with Crippen molar-refractivity contribution >= 4 is 23.0 Å².